The molecule has 2 heterocycles. The highest BCUT2D eigenvalue weighted by Crippen LogP contribution is 2.25. The van der Waals surface area contributed by atoms with Gasteiger partial charge in [-0.05, 0) is 42.0 Å². The van der Waals surface area contributed by atoms with Crippen molar-refractivity contribution in [1.82, 2.24) is 25.0 Å². The predicted octanol–water partition coefficient (Wildman–Crippen LogP) is 2.97. The maximum atomic E-state index is 13.4. The maximum Gasteiger partial charge on any atom is 0.295 e. The molecule has 2 aromatic carbocycles. The molecule has 0 unspecified atom stereocenters. The van der Waals surface area contributed by atoms with Gasteiger partial charge in [-0.3, -0.25) is 19.7 Å². The second-order valence-electron chi connectivity index (χ2n) is 7.32. The lowest BCUT2D eigenvalue weighted by Gasteiger charge is -2.22. The van der Waals surface area contributed by atoms with Crippen LogP contribution in [-0.2, 0) is 13.1 Å². The smallest absolute Gasteiger partial charge is 0.295 e. The largest absolute Gasteiger partial charge is 0.467 e. The first-order valence-electron chi connectivity index (χ1n) is 10.2. The first kappa shape index (κ1) is 22.4. The molecule has 1 N–H and O–H groups in total. The van der Waals surface area contributed by atoms with E-state index in [1.165, 1.54) is 46.7 Å². The molecule has 0 bridgehead atoms. The first-order valence-corrected chi connectivity index (χ1v) is 10.2. The van der Waals surface area contributed by atoms with Crippen molar-refractivity contribution < 1.29 is 18.9 Å². The van der Waals surface area contributed by atoms with Crippen LogP contribution < -0.4 is 5.32 Å². The van der Waals surface area contributed by atoms with Crippen molar-refractivity contribution in [3.63, 3.8) is 0 Å². The maximum absolute atomic E-state index is 13.4. The number of nitrogens with one attached hydrogen (secondary N) is 1. The molecular formula is C23H20N6O5. The van der Waals surface area contributed by atoms with Gasteiger partial charge in [0.1, 0.15) is 24.1 Å². The number of aromatic nitrogens is 3. The fourth-order valence-corrected chi connectivity index (χ4v) is 3.43. The van der Waals surface area contributed by atoms with Crippen LogP contribution in [0.15, 0.2) is 77.9 Å². The van der Waals surface area contributed by atoms with E-state index < -0.39 is 10.8 Å². The van der Waals surface area contributed by atoms with E-state index in [1.807, 2.05) is 0 Å². The molecule has 4 aromatic rings. The van der Waals surface area contributed by atoms with Crippen LogP contribution in [-0.4, -0.2) is 43.4 Å². The summed E-state index contributed by atoms with van der Waals surface area (Å²) in [5, 5.41) is 18.2. The topological polar surface area (TPSA) is 136 Å². The van der Waals surface area contributed by atoms with Gasteiger partial charge in [0.05, 0.1) is 17.7 Å². The Kier molecular flexibility index (Phi) is 6.44. The van der Waals surface area contributed by atoms with Crippen LogP contribution in [0.25, 0.3) is 5.69 Å². The number of nitrogens with zero attached hydrogens (tertiary/aromatic N) is 5. The van der Waals surface area contributed by atoms with Crippen molar-refractivity contribution in [2.45, 2.75) is 13.1 Å². The molecular weight excluding hydrogens is 440 g/mol. The van der Waals surface area contributed by atoms with Gasteiger partial charge in [-0.2, -0.15) is 5.10 Å². The minimum atomic E-state index is -0.567. The number of hydrogen-bond acceptors (Lipinski definition) is 7. The highest BCUT2D eigenvalue weighted by molar-refractivity contribution is 5.95. The van der Waals surface area contributed by atoms with E-state index in [0.29, 0.717) is 11.3 Å². The van der Waals surface area contributed by atoms with E-state index in [4.69, 9.17) is 4.42 Å². The Hall–Kier alpha value is -4.80. The van der Waals surface area contributed by atoms with E-state index in [2.05, 4.69) is 15.4 Å². The predicted molar refractivity (Wildman–Crippen MR) is 120 cm³/mol. The van der Waals surface area contributed by atoms with Crippen molar-refractivity contribution in [1.29, 1.82) is 0 Å². The van der Waals surface area contributed by atoms with Gasteiger partial charge in [0.25, 0.3) is 17.5 Å². The molecule has 4 rings (SSSR count). The van der Waals surface area contributed by atoms with Gasteiger partial charge < -0.3 is 14.6 Å². The molecule has 0 spiro atoms. The molecule has 0 atom stereocenters. The fraction of sp³-hybridized carbons (Fsp3) is 0.130. The summed E-state index contributed by atoms with van der Waals surface area (Å²) in [5.41, 5.74) is 1.34. The van der Waals surface area contributed by atoms with Gasteiger partial charge in [0.15, 0.2) is 0 Å². The normalized spacial score (nSPS) is 10.6. The summed E-state index contributed by atoms with van der Waals surface area (Å²) in [7, 11) is 1.55. The molecule has 172 valence electrons. The Morgan fingerprint density at radius 3 is 2.50 bits per heavy atom. The van der Waals surface area contributed by atoms with E-state index in [-0.39, 0.29) is 35.9 Å². The van der Waals surface area contributed by atoms with Gasteiger partial charge in [0, 0.05) is 30.8 Å². The van der Waals surface area contributed by atoms with Crippen LogP contribution in [0.2, 0.25) is 0 Å². The van der Waals surface area contributed by atoms with Crippen molar-refractivity contribution in [3.8, 4) is 5.69 Å². The highest BCUT2D eigenvalue weighted by Gasteiger charge is 2.23. The number of carbonyl (C=O) groups excluding carboxylic acids is 2. The lowest BCUT2D eigenvalue weighted by Crippen LogP contribution is -2.30. The number of benzene rings is 2. The molecule has 0 saturated carbocycles. The van der Waals surface area contributed by atoms with Crippen molar-refractivity contribution in [3.05, 3.63) is 106 Å². The summed E-state index contributed by atoms with van der Waals surface area (Å²) in [4.78, 5) is 41.7. The number of rotatable bonds is 8. The lowest BCUT2D eigenvalue weighted by atomic mass is 10.1. The van der Waals surface area contributed by atoms with Crippen LogP contribution in [0.1, 0.15) is 32.0 Å². The molecule has 0 saturated heterocycles. The SMILES string of the molecule is CNC(=O)c1ccc(CN(Cc2ccco2)C(=O)c2ccc(-n3cncn3)c([N+](=O)[O-])c2)cc1. The van der Waals surface area contributed by atoms with E-state index >= 15 is 0 Å². The highest BCUT2D eigenvalue weighted by atomic mass is 16.6. The van der Waals surface area contributed by atoms with Gasteiger partial charge in [0.2, 0.25) is 0 Å². The molecule has 0 fully saturated rings. The summed E-state index contributed by atoms with van der Waals surface area (Å²) >= 11 is 0. The van der Waals surface area contributed by atoms with Crippen LogP contribution in [0.4, 0.5) is 5.69 Å². The number of nitro groups is 1. The van der Waals surface area contributed by atoms with Crippen molar-refractivity contribution in [2.75, 3.05) is 7.05 Å². The Morgan fingerprint density at radius 2 is 1.88 bits per heavy atom. The Morgan fingerprint density at radius 1 is 1.12 bits per heavy atom. The van der Waals surface area contributed by atoms with Crippen LogP contribution in [0.3, 0.4) is 0 Å². The Labute approximate surface area is 193 Å². The summed E-state index contributed by atoms with van der Waals surface area (Å²) in [6.45, 7) is 0.355. The standard InChI is InChI=1S/C23H20N6O5/c1-24-22(30)17-6-4-16(5-7-17)12-27(13-19-3-2-10-34-19)23(31)18-8-9-20(21(11-18)29(32)33)28-15-25-14-26-28/h2-11,14-15H,12-13H2,1H3,(H,24,30). The molecule has 0 aliphatic rings. The van der Waals surface area contributed by atoms with Crippen molar-refractivity contribution in [2.24, 2.45) is 0 Å². The molecule has 2 aromatic heterocycles. The van der Waals surface area contributed by atoms with Gasteiger partial charge >= 0.3 is 0 Å². The number of furan rings is 1. The third-order valence-corrected chi connectivity index (χ3v) is 5.12. The van der Waals surface area contributed by atoms with E-state index in [0.717, 1.165) is 5.56 Å². The average Bonchev–Trinajstić information content (AvgIpc) is 3.57. The van der Waals surface area contributed by atoms with Gasteiger partial charge in [-0.25, -0.2) is 9.67 Å². The fourth-order valence-electron chi connectivity index (χ4n) is 3.43. The summed E-state index contributed by atoms with van der Waals surface area (Å²) < 4.78 is 6.67. The molecule has 0 aliphatic heterocycles. The van der Waals surface area contributed by atoms with E-state index in [9.17, 15) is 19.7 Å². The van der Waals surface area contributed by atoms with Gasteiger partial charge in [-0.1, -0.05) is 12.1 Å². The molecule has 2 amide bonds. The Balaban J connectivity index is 1.65. The van der Waals surface area contributed by atoms with Crippen LogP contribution >= 0.6 is 0 Å². The molecule has 11 heteroatoms. The van der Waals surface area contributed by atoms with Crippen LogP contribution in [0, 0.1) is 10.1 Å². The minimum absolute atomic E-state index is 0.143. The monoisotopic (exact) mass is 460 g/mol. The molecule has 34 heavy (non-hydrogen) atoms. The summed E-state index contributed by atoms with van der Waals surface area (Å²) in [5.74, 6) is -0.0704. The van der Waals surface area contributed by atoms with Crippen molar-refractivity contribution >= 4 is 17.5 Å². The zero-order chi connectivity index (χ0) is 24.1. The first-order chi connectivity index (χ1) is 16.5. The Bertz CT molecular complexity index is 1300. The minimum Gasteiger partial charge on any atom is -0.467 e. The summed E-state index contributed by atoms with van der Waals surface area (Å²) in [6.07, 6.45) is 4.12. The second-order valence-corrected chi connectivity index (χ2v) is 7.32. The number of carbonyl (C=O) groups is 2. The third-order valence-electron chi connectivity index (χ3n) is 5.12. The second kappa shape index (κ2) is 9.77. The molecule has 0 aliphatic carbocycles. The average molecular weight is 460 g/mol. The zero-order valence-electron chi connectivity index (χ0n) is 18.1. The van der Waals surface area contributed by atoms with E-state index in [1.54, 1.807) is 43.4 Å². The summed E-state index contributed by atoms with van der Waals surface area (Å²) in [6, 6.07) is 14.5. The quantitative estimate of drug-likeness (QED) is 0.315. The number of amides is 2. The van der Waals surface area contributed by atoms with Crippen LogP contribution in [0.5, 0.6) is 0 Å². The lowest BCUT2D eigenvalue weighted by molar-refractivity contribution is -0.384. The molecule has 11 nitrogen and oxygen atoms in total. The molecule has 0 radical (unpaired) electrons. The number of hydrogen-bond donors (Lipinski definition) is 1. The number of nitro benzene ring substituents is 1. The van der Waals surface area contributed by atoms with Gasteiger partial charge in [-0.15, -0.1) is 0 Å². The zero-order valence-corrected chi connectivity index (χ0v) is 18.1. The third kappa shape index (κ3) is 4.83.